The maximum Gasteiger partial charge on any atom is 0.324 e. The van der Waals surface area contributed by atoms with E-state index >= 15 is 4.39 Å². The Morgan fingerprint density at radius 1 is 1.09 bits per heavy atom. The lowest BCUT2D eigenvalue weighted by atomic mass is 10.0. The van der Waals surface area contributed by atoms with Crippen molar-refractivity contribution in [2.24, 2.45) is 7.05 Å². The first-order valence-electron chi connectivity index (χ1n) is 10.4. The number of benzene rings is 2. The minimum atomic E-state index is -0.427. The fourth-order valence-corrected chi connectivity index (χ4v) is 4.29. The van der Waals surface area contributed by atoms with Crippen LogP contribution >= 0.6 is 0 Å². The number of aromatic nitrogens is 3. The Morgan fingerprint density at radius 3 is 2.69 bits per heavy atom. The molecule has 1 fully saturated rings. The third-order valence-corrected chi connectivity index (χ3v) is 6.05. The molecule has 3 heterocycles. The molecule has 1 saturated heterocycles. The lowest BCUT2D eigenvalue weighted by Crippen LogP contribution is -2.31. The number of carbonyl (C=O) groups excluding carboxylic acids is 1. The molecule has 162 valence electrons. The van der Waals surface area contributed by atoms with Crippen molar-refractivity contribution in [3.8, 4) is 11.1 Å². The summed E-state index contributed by atoms with van der Waals surface area (Å²) in [6.45, 7) is 3.68. The predicted molar refractivity (Wildman–Crippen MR) is 123 cm³/mol. The number of anilines is 2. The second-order valence-electron chi connectivity index (χ2n) is 8.06. The summed E-state index contributed by atoms with van der Waals surface area (Å²) in [5, 5.41) is 0.614. The molecule has 1 aliphatic heterocycles. The molecule has 0 saturated carbocycles. The first kappa shape index (κ1) is 20.0. The van der Waals surface area contributed by atoms with Crippen LogP contribution in [0.25, 0.3) is 22.2 Å². The van der Waals surface area contributed by atoms with Crippen LogP contribution in [0.5, 0.6) is 0 Å². The number of hydrogen-bond donors (Lipinski definition) is 1. The quantitative estimate of drug-likeness (QED) is 0.528. The molecule has 0 aliphatic carbocycles. The number of nitrogen functional groups attached to an aromatic ring is 1. The number of nitrogens with zero attached hydrogens (tertiary/aromatic N) is 5. The molecule has 0 spiro atoms. The van der Waals surface area contributed by atoms with Gasteiger partial charge in [0.25, 0.3) is 0 Å². The number of rotatable bonds is 4. The zero-order valence-corrected chi connectivity index (χ0v) is 17.9. The van der Waals surface area contributed by atoms with E-state index in [1.54, 1.807) is 32.7 Å². The van der Waals surface area contributed by atoms with Crippen molar-refractivity contribution < 1.29 is 9.18 Å². The molecule has 1 aliphatic rings. The van der Waals surface area contributed by atoms with Crippen molar-refractivity contribution >= 4 is 28.6 Å². The number of urea groups is 1. The van der Waals surface area contributed by atoms with Crippen molar-refractivity contribution in [2.45, 2.75) is 13.5 Å². The summed E-state index contributed by atoms with van der Waals surface area (Å²) in [4.78, 5) is 24.7. The van der Waals surface area contributed by atoms with Gasteiger partial charge >= 0.3 is 6.03 Å². The minimum Gasteiger partial charge on any atom is -0.383 e. The van der Waals surface area contributed by atoms with E-state index in [1.165, 1.54) is 12.4 Å². The second-order valence-corrected chi connectivity index (χ2v) is 8.06. The van der Waals surface area contributed by atoms with E-state index in [9.17, 15) is 4.79 Å². The molecular formula is C24H23FN6O. The van der Waals surface area contributed by atoms with Crippen LogP contribution < -0.4 is 10.6 Å². The molecule has 0 radical (unpaired) electrons. The maximum atomic E-state index is 15.2. The lowest BCUT2D eigenvalue weighted by Gasteiger charge is -2.20. The topological polar surface area (TPSA) is 80.3 Å². The Bertz CT molecular complexity index is 1350. The zero-order valence-electron chi connectivity index (χ0n) is 17.9. The Kier molecular flexibility index (Phi) is 4.77. The first-order chi connectivity index (χ1) is 15.4. The lowest BCUT2D eigenvalue weighted by molar-refractivity contribution is 0.218. The van der Waals surface area contributed by atoms with Gasteiger partial charge in [0.05, 0.1) is 5.39 Å². The fourth-order valence-electron chi connectivity index (χ4n) is 4.29. The van der Waals surface area contributed by atoms with Crippen molar-refractivity contribution in [3.05, 3.63) is 71.9 Å². The molecule has 2 amide bonds. The smallest absolute Gasteiger partial charge is 0.324 e. The van der Waals surface area contributed by atoms with Gasteiger partial charge in [0.15, 0.2) is 0 Å². The van der Waals surface area contributed by atoms with Gasteiger partial charge < -0.3 is 15.2 Å². The number of fused-ring (bicyclic) bond motifs is 1. The SMILES string of the molecule is Cc1ccccc1CN1CCN(c2ccc(-c3cn(C)c4ncnc(N)c34)c(F)c2)C1=O. The van der Waals surface area contributed by atoms with Gasteiger partial charge in [0, 0.05) is 49.7 Å². The van der Waals surface area contributed by atoms with Crippen molar-refractivity contribution in [2.75, 3.05) is 23.7 Å². The van der Waals surface area contributed by atoms with Crippen LogP contribution in [0.2, 0.25) is 0 Å². The van der Waals surface area contributed by atoms with Crippen molar-refractivity contribution in [1.82, 2.24) is 19.4 Å². The highest BCUT2D eigenvalue weighted by Gasteiger charge is 2.30. The van der Waals surface area contributed by atoms with Gasteiger partial charge in [0.2, 0.25) is 0 Å². The van der Waals surface area contributed by atoms with Gasteiger partial charge in [-0.05, 0) is 36.2 Å². The van der Waals surface area contributed by atoms with Crippen LogP contribution in [-0.4, -0.2) is 38.6 Å². The van der Waals surface area contributed by atoms with Crippen LogP contribution in [-0.2, 0) is 13.6 Å². The summed E-state index contributed by atoms with van der Waals surface area (Å²) in [7, 11) is 1.83. The van der Waals surface area contributed by atoms with Crippen LogP contribution in [0, 0.1) is 12.7 Å². The number of hydrogen-bond acceptors (Lipinski definition) is 4. The summed E-state index contributed by atoms with van der Waals surface area (Å²) in [5.74, 6) is -0.126. The molecule has 2 aromatic heterocycles. The minimum absolute atomic E-state index is 0.122. The molecule has 0 atom stereocenters. The van der Waals surface area contributed by atoms with Gasteiger partial charge in [-0.2, -0.15) is 0 Å². The highest BCUT2D eigenvalue weighted by atomic mass is 19.1. The molecular weight excluding hydrogens is 407 g/mol. The average Bonchev–Trinajstić information content (AvgIpc) is 3.30. The Morgan fingerprint density at radius 2 is 1.91 bits per heavy atom. The van der Waals surface area contributed by atoms with E-state index in [0.29, 0.717) is 53.3 Å². The molecule has 2 N–H and O–H groups in total. The van der Waals surface area contributed by atoms with Crippen LogP contribution in [0.4, 0.5) is 20.7 Å². The number of halogens is 1. The molecule has 0 unspecified atom stereocenters. The predicted octanol–water partition coefficient (Wildman–Crippen LogP) is 4.11. The van der Waals surface area contributed by atoms with E-state index < -0.39 is 5.82 Å². The summed E-state index contributed by atoms with van der Waals surface area (Å²) in [6.07, 6.45) is 3.18. The normalized spacial score (nSPS) is 14.0. The Balaban J connectivity index is 1.43. The van der Waals surface area contributed by atoms with E-state index in [1.807, 2.05) is 38.2 Å². The summed E-state index contributed by atoms with van der Waals surface area (Å²) >= 11 is 0. The molecule has 8 heteroatoms. The molecule has 32 heavy (non-hydrogen) atoms. The molecule has 5 rings (SSSR count). The maximum absolute atomic E-state index is 15.2. The summed E-state index contributed by atoms with van der Waals surface area (Å²) in [6, 6.07) is 12.8. The number of amides is 2. The van der Waals surface area contributed by atoms with Crippen LogP contribution in [0.15, 0.2) is 55.0 Å². The first-order valence-corrected chi connectivity index (χ1v) is 10.4. The summed E-state index contributed by atoms with van der Waals surface area (Å²) in [5.41, 5.74) is 10.5. The Hall–Kier alpha value is -3.94. The van der Waals surface area contributed by atoms with Crippen molar-refractivity contribution in [1.29, 1.82) is 0 Å². The third kappa shape index (κ3) is 3.24. The second kappa shape index (κ2) is 7.64. The van der Waals surface area contributed by atoms with Gasteiger partial charge in [-0.1, -0.05) is 24.3 Å². The highest BCUT2D eigenvalue weighted by Crippen LogP contribution is 2.35. The third-order valence-electron chi connectivity index (χ3n) is 6.05. The van der Waals surface area contributed by atoms with Crippen LogP contribution in [0.3, 0.4) is 0 Å². The molecule has 4 aromatic rings. The zero-order chi connectivity index (χ0) is 22.4. The Labute approximate surface area is 184 Å². The summed E-state index contributed by atoms with van der Waals surface area (Å²) < 4.78 is 17.0. The van der Waals surface area contributed by atoms with Crippen LogP contribution in [0.1, 0.15) is 11.1 Å². The monoisotopic (exact) mass is 430 g/mol. The fraction of sp³-hybridized carbons (Fsp3) is 0.208. The average molecular weight is 430 g/mol. The molecule has 0 bridgehead atoms. The highest BCUT2D eigenvalue weighted by molar-refractivity contribution is 6.01. The van der Waals surface area contributed by atoms with Gasteiger partial charge in [-0.15, -0.1) is 0 Å². The van der Waals surface area contributed by atoms with Crippen molar-refractivity contribution in [3.63, 3.8) is 0 Å². The largest absolute Gasteiger partial charge is 0.383 e. The van der Waals surface area contributed by atoms with E-state index in [4.69, 9.17) is 5.73 Å². The van der Waals surface area contributed by atoms with Gasteiger partial charge in [-0.25, -0.2) is 19.2 Å². The van der Waals surface area contributed by atoms with E-state index in [-0.39, 0.29) is 6.03 Å². The number of carbonyl (C=O) groups is 1. The van der Waals surface area contributed by atoms with Gasteiger partial charge in [-0.3, -0.25) is 4.90 Å². The number of nitrogens with two attached hydrogens (primary N) is 1. The van der Waals surface area contributed by atoms with E-state index in [2.05, 4.69) is 9.97 Å². The molecule has 2 aromatic carbocycles. The standard InChI is InChI=1S/C24H23FN6O/c1-15-5-3-4-6-16(15)12-30-9-10-31(24(30)32)17-7-8-18(20(25)11-17)19-13-29(2)23-21(19)22(26)27-14-28-23/h3-8,11,13-14H,9-10,12H2,1-2H3,(H2,26,27,28). The number of aryl methyl sites for hydroxylation is 2. The van der Waals surface area contributed by atoms with E-state index in [0.717, 1.165) is 11.1 Å². The van der Waals surface area contributed by atoms with Gasteiger partial charge in [0.1, 0.15) is 23.6 Å². The molecule has 7 nitrogen and oxygen atoms in total.